The number of oxazole rings is 1. The third-order valence-electron chi connectivity index (χ3n) is 6.39. The largest absolute Gasteiger partial charge is 0.466 e. The molecular formula is C28H30F3N3O4. The van der Waals surface area contributed by atoms with Crippen LogP contribution in [0.15, 0.2) is 65.3 Å². The van der Waals surface area contributed by atoms with Gasteiger partial charge in [0.2, 0.25) is 5.89 Å². The molecule has 7 nitrogen and oxygen atoms in total. The second-order valence-corrected chi connectivity index (χ2v) is 9.29. The van der Waals surface area contributed by atoms with E-state index in [1.807, 2.05) is 35.2 Å². The molecule has 0 saturated carbocycles. The maximum Gasteiger partial charge on any atom is 0.416 e. The number of aromatic nitrogens is 1. The molecule has 0 bridgehead atoms. The van der Waals surface area contributed by atoms with Crippen LogP contribution in [-0.4, -0.2) is 46.4 Å². The summed E-state index contributed by atoms with van der Waals surface area (Å²) in [6.07, 6.45) is -1.72. The van der Waals surface area contributed by atoms with E-state index in [1.54, 1.807) is 11.8 Å². The highest BCUT2D eigenvalue weighted by Crippen LogP contribution is 2.29. The number of hydrogen-bond acceptors (Lipinski definition) is 6. The number of halogens is 3. The normalized spacial score (nSPS) is 16.0. The lowest BCUT2D eigenvalue weighted by atomic mass is 9.98. The molecule has 1 atom stereocenters. The van der Waals surface area contributed by atoms with Gasteiger partial charge in [-0.3, -0.25) is 14.5 Å². The number of nitrogens with zero attached hydrogens (tertiary/aromatic N) is 3. The fourth-order valence-electron chi connectivity index (χ4n) is 4.52. The second kappa shape index (κ2) is 12.3. The number of ether oxygens (including phenoxy) is 1. The van der Waals surface area contributed by atoms with Crippen molar-refractivity contribution in [1.82, 2.24) is 14.8 Å². The van der Waals surface area contributed by atoms with Gasteiger partial charge in [0.1, 0.15) is 6.26 Å². The Hall–Kier alpha value is -3.66. The minimum absolute atomic E-state index is 0.152. The predicted molar refractivity (Wildman–Crippen MR) is 133 cm³/mol. The molecule has 38 heavy (non-hydrogen) atoms. The van der Waals surface area contributed by atoms with E-state index in [0.29, 0.717) is 50.5 Å². The summed E-state index contributed by atoms with van der Waals surface area (Å²) in [5.74, 6) is -0.656. The average molecular weight is 530 g/mol. The number of piperidine rings is 1. The van der Waals surface area contributed by atoms with E-state index < -0.39 is 11.7 Å². The van der Waals surface area contributed by atoms with Gasteiger partial charge in [-0.25, -0.2) is 4.98 Å². The molecule has 3 aromatic rings. The summed E-state index contributed by atoms with van der Waals surface area (Å²) in [5, 5.41) is 0. The molecule has 1 fully saturated rings. The number of amides is 1. The molecule has 1 saturated heterocycles. The molecule has 0 spiro atoms. The lowest BCUT2D eigenvalue weighted by Crippen LogP contribution is -2.43. The molecule has 202 valence electrons. The SMILES string of the molecule is CCOC(=O)[C@@H]1CCCN(C(=O)c2coc(CN(Cc3ccccc3)Cc3ccc(C(F)(F)F)cc3)n2)C1. The molecule has 0 N–H and O–H groups in total. The molecule has 0 unspecified atom stereocenters. The maximum atomic E-state index is 13.1. The van der Waals surface area contributed by atoms with Gasteiger partial charge in [-0.05, 0) is 43.0 Å². The van der Waals surface area contributed by atoms with E-state index >= 15 is 0 Å². The number of carbonyl (C=O) groups is 2. The van der Waals surface area contributed by atoms with Gasteiger partial charge in [0.25, 0.3) is 5.91 Å². The number of carbonyl (C=O) groups excluding carboxylic acids is 2. The van der Waals surface area contributed by atoms with E-state index in [1.165, 1.54) is 18.4 Å². The van der Waals surface area contributed by atoms with Crippen molar-refractivity contribution in [2.45, 2.75) is 45.6 Å². The summed E-state index contributed by atoms with van der Waals surface area (Å²) in [7, 11) is 0. The predicted octanol–water partition coefficient (Wildman–Crippen LogP) is 5.31. The molecule has 1 aromatic heterocycles. The molecule has 1 aliphatic heterocycles. The van der Waals surface area contributed by atoms with Crippen LogP contribution in [0.3, 0.4) is 0 Å². The smallest absolute Gasteiger partial charge is 0.416 e. The highest BCUT2D eigenvalue weighted by atomic mass is 19.4. The Morgan fingerprint density at radius 3 is 2.39 bits per heavy atom. The zero-order valence-corrected chi connectivity index (χ0v) is 21.1. The van der Waals surface area contributed by atoms with Crippen LogP contribution < -0.4 is 0 Å². The summed E-state index contributed by atoms with van der Waals surface area (Å²) in [6.45, 7) is 3.93. The summed E-state index contributed by atoms with van der Waals surface area (Å²) < 4.78 is 49.6. The number of benzene rings is 2. The Bertz CT molecular complexity index is 1210. The van der Waals surface area contributed by atoms with E-state index in [0.717, 1.165) is 17.7 Å². The quantitative estimate of drug-likeness (QED) is 0.350. The fourth-order valence-corrected chi connectivity index (χ4v) is 4.52. The zero-order chi connectivity index (χ0) is 27.1. The Morgan fingerprint density at radius 2 is 1.74 bits per heavy atom. The number of esters is 1. The molecule has 2 aromatic carbocycles. The Morgan fingerprint density at radius 1 is 1.05 bits per heavy atom. The average Bonchev–Trinajstić information content (AvgIpc) is 3.37. The van der Waals surface area contributed by atoms with Crippen LogP contribution in [0, 0.1) is 5.92 Å². The fraction of sp³-hybridized carbons (Fsp3) is 0.393. The van der Waals surface area contributed by atoms with Gasteiger partial charge in [-0.1, -0.05) is 42.5 Å². The monoisotopic (exact) mass is 529 g/mol. The van der Waals surface area contributed by atoms with Crippen molar-refractivity contribution < 1.29 is 31.9 Å². The van der Waals surface area contributed by atoms with Gasteiger partial charge in [0, 0.05) is 26.2 Å². The van der Waals surface area contributed by atoms with E-state index in [9.17, 15) is 22.8 Å². The topological polar surface area (TPSA) is 75.9 Å². The van der Waals surface area contributed by atoms with Gasteiger partial charge >= 0.3 is 12.1 Å². The van der Waals surface area contributed by atoms with Crippen molar-refractivity contribution in [3.05, 3.63) is 89.1 Å². The van der Waals surface area contributed by atoms with E-state index in [-0.39, 0.29) is 36.6 Å². The molecule has 1 amide bonds. The van der Waals surface area contributed by atoms with Gasteiger partial charge in [-0.2, -0.15) is 13.2 Å². The molecule has 10 heteroatoms. The van der Waals surface area contributed by atoms with Crippen LogP contribution in [-0.2, 0) is 35.3 Å². The van der Waals surface area contributed by atoms with Crippen molar-refractivity contribution in [1.29, 1.82) is 0 Å². The van der Waals surface area contributed by atoms with Gasteiger partial charge < -0.3 is 14.1 Å². The Kier molecular flexibility index (Phi) is 8.83. The summed E-state index contributed by atoms with van der Waals surface area (Å²) >= 11 is 0. The standard InChI is InChI=1S/C28H30F3N3O4/c1-2-37-27(36)22-9-6-14-34(17-22)26(35)24-19-38-25(32-24)18-33(15-20-7-4-3-5-8-20)16-21-10-12-23(13-11-21)28(29,30)31/h3-5,7-8,10-13,19,22H,2,6,9,14-18H2,1H3/t22-/m1/s1. The van der Waals surface area contributed by atoms with Gasteiger partial charge in [0.05, 0.1) is 24.6 Å². The van der Waals surface area contributed by atoms with Crippen molar-refractivity contribution >= 4 is 11.9 Å². The lowest BCUT2D eigenvalue weighted by Gasteiger charge is -2.30. The third-order valence-corrected chi connectivity index (χ3v) is 6.39. The zero-order valence-electron chi connectivity index (χ0n) is 21.1. The van der Waals surface area contributed by atoms with Crippen LogP contribution in [0.25, 0.3) is 0 Å². The lowest BCUT2D eigenvalue weighted by molar-refractivity contribution is -0.149. The van der Waals surface area contributed by atoms with Crippen LogP contribution in [0.2, 0.25) is 0 Å². The first kappa shape index (κ1) is 27.4. The molecule has 1 aliphatic rings. The molecule has 4 rings (SSSR count). The van der Waals surface area contributed by atoms with Crippen LogP contribution in [0.4, 0.5) is 13.2 Å². The molecule has 0 aliphatic carbocycles. The summed E-state index contributed by atoms with van der Waals surface area (Å²) in [6, 6.07) is 14.7. The first-order valence-corrected chi connectivity index (χ1v) is 12.6. The minimum atomic E-state index is -4.39. The van der Waals surface area contributed by atoms with Crippen LogP contribution in [0.5, 0.6) is 0 Å². The molecule has 2 heterocycles. The van der Waals surface area contributed by atoms with Gasteiger partial charge in [-0.15, -0.1) is 0 Å². The van der Waals surface area contributed by atoms with Crippen LogP contribution >= 0.6 is 0 Å². The van der Waals surface area contributed by atoms with Crippen molar-refractivity contribution in [3.8, 4) is 0 Å². The second-order valence-electron chi connectivity index (χ2n) is 9.29. The van der Waals surface area contributed by atoms with Crippen molar-refractivity contribution in [2.75, 3.05) is 19.7 Å². The van der Waals surface area contributed by atoms with Crippen LogP contribution in [0.1, 0.15) is 52.8 Å². The number of likely N-dealkylation sites (tertiary alicyclic amines) is 1. The Balaban J connectivity index is 1.45. The summed E-state index contributed by atoms with van der Waals surface area (Å²) in [4.78, 5) is 33.2. The van der Waals surface area contributed by atoms with E-state index in [2.05, 4.69) is 4.98 Å². The third kappa shape index (κ3) is 7.22. The number of rotatable bonds is 9. The van der Waals surface area contributed by atoms with E-state index in [4.69, 9.17) is 9.15 Å². The highest BCUT2D eigenvalue weighted by Gasteiger charge is 2.31. The number of hydrogen-bond donors (Lipinski definition) is 0. The summed E-state index contributed by atoms with van der Waals surface area (Å²) in [5.41, 5.74) is 1.17. The molecule has 0 radical (unpaired) electrons. The van der Waals surface area contributed by atoms with Crippen molar-refractivity contribution in [2.24, 2.45) is 5.92 Å². The van der Waals surface area contributed by atoms with Gasteiger partial charge in [0.15, 0.2) is 5.69 Å². The minimum Gasteiger partial charge on any atom is -0.466 e. The first-order chi connectivity index (χ1) is 18.2. The molecular weight excluding hydrogens is 499 g/mol. The van der Waals surface area contributed by atoms with Crippen molar-refractivity contribution in [3.63, 3.8) is 0 Å². The maximum absolute atomic E-state index is 13.1. The highest BCUT2D eigenvalue weighted by molar-refractivity contribution is 5.92. The first-order valence-electron chi connectivity index (χ1n) is 12.6. The number of alkyl halides is 3. The Labute approximate surface area is 219 Å².